The average molecular weight is 237 g/mol. The average Bonchev–Trinajstić information content (AvgIpc) is 2.37. The molecule has 0 aliphatic rings. The van der Waals surface area contributed by atoms with Crippen LogP contribution in [0.4, 0.5) is 11.8 Å². The number of anilines is 2. The maximum atomic E-state index is 5.66. The largest absolute Gasteiger partial charge is 0.384 e. The van der Waals surface area contributed by atoms with Crippen molar-refractivity contribution in [3.05, 3.63) is 42.6 Å². The molecular formula is C13H11N5. The molecule has 0 bridgehead atoms. The third-order valence-electron chi connectivity index (χ3n) is 2.66. The number of benzene rings is 1. The van der Waals surface area contributed by atoms with Gasteiger partial charge in [0.25, 0.3) is 0 Å². The van der Waals surface area contributed by atoms with Crippen LogP contribution in [0.3, 0.4) is 0 Å². The van der Waals surface area contributed by atoms with Gasteiger partial charge in [0.15, 0.2) is 0 Å². The summed E-state index contributed by atoms with van der Waals surface area (Å²) in [5, 5.41) is 1.08. The third-order valence-corrected chi connectivity index (χ3v) is 2.66. The fourth-order valence-electron chi connectivity index (χ4n) is 1.86. The molecule has 0 aliphatic carbocycles. The number of rotatable bonds is 1. The Labute approximate surface area is 104 Å². The molecule has 3 rings (SSSR count). The molecule has 0 unspecified atom stereocenters. The molecule has 0 spiro atoms. The van der Waals surface area contributed by atoms with E-state index >= 15 is 0 Å². The van der Waals surface area contributed by atoms with E-state index in [1.165, 1.54) is 0 Å². The maximum Gasteiger partial charge on any atom is 0.222 e. The van der Waals surface area contributed by atoms with Crippen LogP contribution in [0, 0.1) is 0 Å². The van der Waals surface area contributed by atoms with Crippen molar-refractivity contribution in [3.63, 3.8) is 0 Å². The first kappa shape index (κ1) is 10.5. The summed E-state index contributed by atoms with van der Waals surface area (Å²) in [4.78, 5) is 12.3. The fraction of sp³-hybridized carbons (Fsp3) is 0. The lowest BCUT2D eigenvalue weighted by molar-refractivity contribution is 1.20. The van der Waals surface area contributed by atoms with Crippen LogP contribution < -0.4 is 11.5 Å². The Bertz CT molecular complexity index is 703. The molecule has 0 saturated carbocycles. The van der Waals surface area contributed by atoms with E-state index < -0.39 is 0 Å². The first-order valence-electron chi connectivity index (χ1n) is 5.47. The zero-order valence-electron chi connectivity index (χ0n) is 9.54. The molecule has 4 N–H and O–H groups in total. The summed E-state index contributed by atoms with van der Waals surface area (Å²) in [5.41, 5.74) is 13.8. The van der Waals surface area contributed by atoms with E-state index in [4.69, 9.17) is 11.5 Å². The molecule has 18 heavy (non-hydrogen) atoms. The van der Waals surface area contributed by atoms with Crippen molar-refractivity contribution in [1.82, 2.24) is 15.0 Å². The van der Waals surface area contributed by atoms with Gasteiger partial charge >= 0.3 is 0 Å². The predicted octanol–water partition coefficient (Wildman–Crippen LogP) is 1.86. The summed E-state index contributed by atoms with van der Waals surface area (Å²) in [6.45, 7) is 0. The highest BCUT2D eigenvalue weighted by molar-refractivity contribution is 5.83. The van der Waals surface area contributed by atoms with Crippen molar-refractivity contribution in [1.29, 1.82) is 0 Å². The van der Waals surface area contributed by atoms with E-state index in [0.29, 0.717) is 11.5 Å². The number of aromatic nitrogens is 3. The van der Waals surface area contributed by atoms with Crippen LogP contribution in [-0.4, -0.2) is 15.0 Å². The number of nitrogens with zero attached hydrogens (tertiary/aromatic N) is 3. The first-order chi connectivity index (χ1) is 8.72. The lowest BCUT2D eigenvalue weighted by Gasteiger charge is -2.04. The lowest BCUT2D eigenvalue weighted by atomic mass is 10.1. The van der Waals surface area contributed by atoms with E-state index in [1.54, 1.807) is 12.3 Å². The smallest absolute Gasteiger partial charge is 0.222 e. The number of pyridine rings is 1. The summed E-state index contributed by atoms with van der Waals surface area (Å²) in [6, 6.07) is 11.5. The van der Waals surface area contributed by atoms with Gasteiger partial charge in [-0.05, 0) is 12.1 Å². The van der Waals surface area contributed by atoms with Gasteiger partial charge in [-0.25, -0.2) is 4.98 Å². The quantitative estimate of drug-likeness (QED) is 0.674. The topological polar surface area (TPSA) is 90.7 Å². The number of fused-ring (bicyclic) bond motifs is 1. The molecule has 2 heterocycles. The molecule has 0 amide bonds. The zero-order valence-corrected chi connectivity index (χ0v) is 9.54. The Balaban J connectivity index is 2.19. The molecule has 1 aromatic carbocycles. The van der Waals surface area contributed by atoms with E-state index in [-0.39, 0.29) is 5.95 Å². The summed E-state index contributed by atoms with van der Waals surface area (Å²) in [6.07, 6.45) is 1.76. The number of nitrogens with two attached hydrogens (primary N) is 2. The van der Waals surface area contributed by atoms with Gasteiger partial charge in [0, 0.05) is 23.2 Å². The summed E-state index contributed by atoms with van der Waals surface area (Å²) in [7, 11) is 0. The second-order valence-corrected chi connectivity index (χ2v) is 3.95. The number of hydrogen-bond donors (Lipinski definition) is 2. The molecule has 0 atom stereocenters. The molecule has 3 aromatic rings. The van der Waals surface area contributed by atoms with Crippen LogP contribution in [0.2, 0.25) is 0 Å². The van der Waals surface area contributed by atoms with Gasteiger partial charge in [0.05, 0.1) is 11.2 Å². The molecule has 5 heteroatoms. The van der Waals surface area contributed by atoms with Gasteiger partial charge in [-0.3, -0.25) is 4.98 Å². The standard InChI is InChI=1S/C13H11N5/c14-12-7-11(17-13(15)18-12)9-4-3-8-2-1-5-16-10(8)6-9/h1-7H,(H4,14,15,17,18). The molecule has 5 nitrogen and oxygen atoms in total. The minimum Gasteiger partial charge on any atom is -0.384 e. The molecule has 2 aromatic heterocycles. The summed E-state index contributed by atoms with van der Waals surface area (Å²) < 4.78 is 0. The van der Waals surface area contributed by atoms with Crippen LogP contribution in [0.25, 0.3) is 22.2 Å². The summed E-state index contributed by atoms with van der Waals surface area (Å²) in [5.74, 6) is 0.532. The van der Waals surface area contributed by atoms with Crippen molar-refractivity contribution in [2.45, 2.75) is 0 Å². The molecular weight excluding hydrogens is 226 g/mol. The van der Waals surface area contributed by atoms with Gasteiger partial charge in [0.2, 0.25) is 5.95 Å². The van der Waals surface area contributed by atoms with Gasteiger partial charge in [-0.1, -0.05) is 18.2 Å². The monoisotopic (exact) mass is 237 g/mol. The van der Waals surface area contributed by atoms with E-state index in [1.807, 2.05) is 30.3 Å². The minimum atomic E-state index is 0.172. The van der Waals surface area contributed by atoms with Gasteiger partial charge in [0.1, 0.15) is 5.82 Å². The third kappa shape index (κ3) is 1.82. The van der Waals surface area contributed by atoms with Gasteiger partial charge in [-0.15, -0.1) is 0 Å². The molecule has 88 valence electrons. The Hall–Kier alpha value is -2.69. The number of nitrogen functional groups attached to an aromatic ring is 2. The van der Waals surface area contributed by atoms with Gasteiger partial charge in [-0.2, -0.15) is 4.98 Å². The van der Waals surface area contributed by atoms with Crippen LogP contribution in [0.5, 0.6) is 0 Å². The van der Waals surface area contributed by atoms with Gasteiger partial charge < -0.3 is 11.5 Å². The highest BCUT2D eigenvalue weighted by atomic mass is 15.0. The Morgan fingerprint density at radius 2 is 1.83 bits per heavy atom. The first-order valence-corrected chi connectivity index (χ1v) is 5.47. The molecule has 0 radical (unpaired) electrons. The van der Waals surface area contributed by atoms with Crippen molar-refractivity contribution < 1.29 is 0 Å². The second kappa shape index (κ2) is 3.96. The van der Waals surface area contributed by atoms with Crippen molar-refractivity contribution in [3.8, 4) is 11.3 Å². The van der Waals surface area contributed by atoms with E-state index in [9.17, 15) is 0 Å². The molecule has 0 fully saturated rings. The molecule has 0 aliphatic heterocycles. The fourth-order valence-corrected chi connectivity index (χ4v) is 1.86. The van der Waals surface area contributed by atoms with E-state index in [2.05, 4.69) is 15.0 Å². The Kier molecular flexibility index (Phi) is 2.30. The maximum absolute atomic E-state index is 5.66. The summed E-state index contributed by atoms with van der Waals surface area (Å²) >= 11 is 0. The lowest BCUT2D eigenvalue weighted by Crippen LogP contribution is -2.00. The second-order valence-electron chi connectivity index (χ2n) is 3.95. The Morgan fingerprint density at radius 3 is 2.67 bits per heavy atom. The minimum absolute atomic E-state index is 0.172. The van der Waals surface area contributed by atoms with Crippen LogP contribution in [-0.2, 0) is 0 Å². The van der Waals surface area contributed by atoms with Crippen LogP contribution in [0.15, 0.2) is 42.6 Å². The zero-order chi connectivity index (χ0) is 12.5. The SMILES string of the molecule is Nc1cc(-c2ccc3cccnc3c2)nc(N)n1. The molecule has 0 saturated heterocycles. The van der Waals surface area contributed by atoms with Crippen molar-refractivity contribution >= 4 is 22.7 Å². The van der Waals surface area contributed by atoms with Crippen molar-refractivity contribution in [2.75, 3.05) is 11.5 Å². The van der Waals surface area contributed by atoms with Crippen LogP contribution in [0.1, 0.15) is 0 Å². The Morgan fingerprint density at radius 1 is 0.944 bits per heavy atom. The van der Waals surface area contributed by atoms with Crippen molar-refractivity contribution in [2.24, 2.45) is 0 Å². The number of hydrogen-bond acceptors (Lipinski definition) is 5. The predicted molar refractivity (Wildman–Crippen MR) is 71.6 cm³/mol. The van der Waals surface area contributed by atoms with Crippen LogP contribution >= 0.6 is 0 Å². The van der Waals surface area contributed by atoms with E-state index in [0.717, 1.165) is 16.5 Å². The normalized spacial score (nSPS) is 10.7. The highest BCUT2D eigenvalue weighted by Gasteiger charge is 2.04. The highest BCUT2D eigenvalue weighted by Crippen LogP contribution is 2.23.